The Morgan fingerprint density at radius 3 is 2.11 bits per heavy atom. The Kier molecular flexibility index (Phi) is 4.09. The van der Waals surface area contributed by atoms with Gasteiger partial charge in [-0.05, 0) is 82.4 Å². The Morgan fingerprint density at radius 1 is 0.889 bits per heavy atom. The minimum Gasteiger partial charge on any atom is -0.423 e. The van der Waals surface area contributed by atoms with Gasteiger partial charge in [0, 0.05) is 5.69 Å². The Bertz CT molecular complexity index is 938. The van der Waals surface area contributed by atoms with Crippen LogP contribution in [0.1, 0.15) is 38.8 Å². The number of fused-ring (bicyclic) bond motifs is 1. The zero-order valence-corrected chi connectivity index (χ0v) is 16.7. The van der Waals surface area contributed by atoms with Gasteiger partial charge in [-0.25, -0.2) is 0 Å². The molecule has 0 amide bonds. The molecular formula is C21H25BN2O3. The normalized spacial score (nSPS) is 18.2. The number of aromatic nitrogens is 1. The molecule has 0 saturated carbocycles. The van der Waals surface area contributed by atoms with Crippen molar-refractivity contribution >= 4 is 35.4 Å². The zero-order valence-electron chi connectivity index (χ0n) is 16.7. The fraction of sp³-hybridized carbons (Fsp3) is 0.381. The van der Waals surface area contributed by atoms with Gasteiger partial charge in [0.05, 0.1) is 11.2 Å². The molecule has 3 aromatic rings. The highest BCUT2D eigenvalue weighted by molar-refractivity contribution is 6.62. The molecule has 1 saturated heterocycles. The summed E-state index contributed by atoms with van der Waals surface area (Å²) in [5.41, 5.74) is 5.24. The van der Waals surface area contributed by atoms with E-state index >= 15 is 0 Å². The Hall–Kier alpha value is -2.31. The number of oxazole rings is 1. The summed E-state index contributed by atoms with van der Waals surface area (Å²) in [5, 5.41) is 3.22. The highest BCUT2D eigenvalue weighted by Crippen LogP contribution is 2.36. The van der Waals surface area contributed by atoms with E-state index in [1.54, 1.807) is 0 Å². The summed E-state index contributed by atoms with van der Waals surface area (Å²) < 4.78 is 18.0. The molecule has 1 aliphatic rings. The summed E-state index contributed by atoms with van der Waals surface area (Å²) in [4.78, 5) is 4.52. The summed E-state index contributed by atoms with van der Waals surface area (Å²) in [7, 11) is -0.362. The molecule has 140 valence electrons. The molecule has 0 aliphatic carbocycles. The second-order valence-corrected chi connectivity index (χ2v) is 8.26. The van der Waals surface area contributed by atoms with Crippen molar-refractivity contribution in [1.29, 1.82) is 0 Å². The van der Waals surface area contributed by atoms with Gasteiger partial charge in [0.2, 0.25) is 0 Å². The van der Waals surface area contributed by atoms with Crippen LogP contribution in [0.3, 0.4) is 0 Å². The van der Waals surface area contributed by atoms with Crippen molar-refractivity contribution in [2.75, 3.05) is 5.32 Å². The number of hydrogen-bond acceptors (Lipinski definition) is 5. The summed E-state index contributed by atoms with van der Waals surface area (Å²) in [6.07, 6.45) is 0. The molecule has 0 unspecified atom stereocenters. The van der Waals surface area contributed by atoms with Gasteiger partial charge in [0.25, 0.3) is 6.01 Å². The number of aryl methyl sites for hydroxylation is 2. The molecule has 1 aromatic heterocycles. The number of benzene rings is 2. The van der Waals surface area contributed by atoms with Crippen LogP contribution in [-0.2, 0) is 9.31 Å². The van der Waals surface area contributed by atoms with Crippen molar-refractivity contribution < 1.29 is 13.7 Å². The minimum atomic E-state index is -0.362. The predicted molar refractivity (Wildman–Crippen MR) is 109 cm³/mol. The standard InChI is InChI=1S/C21H25BN2O3/c1-13-11-17-18(12-14(13)2)25-19(24-17)23-16-9-7-15(8-10-16)22-26-20(3,4)21(5,6)27-22/h7-12H,1-6H3,(H,23,24). The molecule has 2 aromatic carbocycles. The van der Waals surface area contributed by atoms with E-state index in [1.807, 2.05) is 36.4 Å². The van der Waals surface area contributed by atoms with E-state index < -0.39 is 0 Å². The van der Waals surface area contributed by atoms with Crippen LogP contribution >= 0.6 is 0 Å². The first-order valence-electron chi connectivity index (χ1n) is 9.25. The van der Waals surface area contributed by atoms with Gasteiger partial charge in [-0.1, -0.05) is 12.1 Å². The number of rotatable bonds is 3. The first-order valence-corrected chi connectivity index (χ1v) is 9.25. The molecule has 1 aliphatic heterocycles. The van der Waals surface area contributed by atoms with Gasteiger partial charge < -0.3 is 19.0 Å². The maximum Gasteiger partial charge on any atom is 0.494 e. The Labute approximate surface area is 160 Å². The lowest BCUT2D eigenvalue weighted by Crippen LogP contribution is -2.41. The molecule has 27 heavy (non-hydrogen) atoms. The number of anilines is 2. The highest BCUT2D eigenvalue weighted by atomic mass is 16.7. The van der Waals surface area contributed by atoms with E-state index in [2.05, 4.69) is 51.8 Å². The quantitative estimate of drug-likeness (QED) is 0.694. The van der Waals surface area contributed by atoms with Crippen LogP contribution in [0.5, 0.6) is 0 Å². The van der Waals surface area contributed by atoms with E-state index in [0.29, 0.717) is 6.01 Å². The fourth-order valence-electron chi connectivity index (χ4n) is 3.06. The monoisotopic (exact) mass is 364 g/mol. The first-order chi connectivity index (χ1) is 12.6. The fourth-order valence-corrected chi connectivity index (χ4v) is 3.06. The van der Waals surface area contributed by atoms with Crippen LogP contribution in [-0.4, -0.2) is 23.3 Å². The van der Waals surface area contributed by atoms with E-state index in [-0.39, 0.29) is 18.3 Å². The highest BCUT2D eigenvalue weighted by Gasteiger charge is 2.51. The van der Waals surface area contributed by atoms with Gasteiger partial charge in [-0.15, -0.1) is 0 Å². The minimum absolute atomic E-state index is 0.344. The van der Waals surface area contributed by atoms with Crippen LogP contribution in [0.4, 0.5) is 11.7 Å². The molecule has 1 fully saturated rings. The summed E-state index contributed by atoms with van der Waals surface area (Å²) in [6, 6.07) is 12.5. The third-order valence-corrected chi connectivity index (χ3v) is 5.69. The summed E-state index contributed by atoms with van der Waals surface area (Å²) >= 11 is 0. The van der Waals surface area contributed by atoms with Crippen molar-refractivity contribution in [2.45, 2.75) is 52.7 Å². The van der Waals surface area contributed by atoms with Crippen LogP contribution in [0.2, 0.25) is 0 Å². The van der Waals surface area contributed by atoms with Gasteiger partial charge >= 0.3 is 7.12 Å². The Balaban J connectivity index is 1.52. The maximum atomic E-state index is 6.10. The largest absolute Gasteiger partial charge is 0.494 e. The molecule has 6 heteroatoms. The van der Waals surface area contributed by atoms with Gasteiger partial charge in [0.15, 0.2) is 5.58 Å². The van der Waals surface area contributed by atoms with E-state index in [4.69, 9.17) is 13.7 Å². The van der Waals surface area contributed by atoms with Crippen molar-refractivity contribution in [3.63, 3.8) is 0 Å². The third kappa shape index (κ3) is 3.24. The van der Waals surface area contributed by atoms with Crippen LogP contribution in [0.25, 0.3) is 11.1 Å². The summed E-state index contributed by atoms with van der Waals surface area (Å²) in [6.45, 7) is 12.4. The lowest BCUT2D eigenvalue weighted by Gasteiger charge is -2.32. The van der Waals surface area contributed by atoms with Crippen LogP contribution in [0.15, 0.2) is 40.8 Å². The Morgan fingerprint density at radius 2 is 1.48 bits per heavy atom. The number of nitrogens with zero attached hydrogens (tertiary/aromatic N) is 1. The smallest absolute Gasteiger partial charge is 0.423 e. The van der Waals surface area contributed by atoms with Crippen molar-refractivity contribution in [3.05, 3.63) is 47.5 Å². The van der Waals surface area contributed by atoms with Crippen molar-refractivity contribution in [3.8, 4) is 0 Å². The van der Waals surface area contributed by atoms with Gasteiger partial charge in [-0.2, -0.15) is 4.98 Å². The SMILES string of the molecule is Cc1cc2nc(Nc3ccc(B4OC(C)(C)C(C)(C)O4)cc3)oc2cc1C. The molecular weight excluding hydrogens is 339 g/mol. The number of nitrogens with one attached hydrogen (secondary N) is 1. The third-order valence-electron chi connectivity index (χ3n) is 5.69. The average molecular weight is 364 g/mol. The molecule has 2 heterocycles. The lowest BCUT2D eigenvalue weighted by molar-refractivity contribution is 0.00578. The lowest BCUT2D eigenvalue weighted by atomic mass is 9.79. The van der Waals surface area contributed by atoms with E-state index in [9.17, 15) is 0 Å². The molecule has 0 bridgehead atoms. The van der Waals surface area contributed by atoms with Gasteiger partial charge in [0.1, 0.15) is 5.52 Å². The van der Waals surface area contributed by atoms with E-state index in [1.165, 1.54) is 11.1 Å². The zero-order chi connectivity index (χ0) is 19.4. The summed E-state index contributed by atoms with van der Waals surface area (Å²) in [5.74, 6) is 0. The van der Waals surface area contributed by atoms with Crippen LogP contribution < -0.4 is 10.8 Å². The van der Waals surface area contributed by atoms with Crippen molar-refractivity contribution in [1.82, 2.24) is 4.98 Å². The average Bonchev–Trinajstić information content (AvgIpc) is 3.05. The second kappa shape index (κ2) is 6.11. The van der Waals surface area contributed by atoms with Gasteiger partial charge in [-0.3, -0.25) is 0 Å². The maximum absolute atomic E-state index is 6.10. The first kappa shape index (κ1) is 18.1. The molecule has 4 rings (SSSR count). The predicted octanol–water partition coefficient (Wildman–Crippen LogP) is 4.49. The molecule has 0 spiro atoms. The van der Waals surface area contributed by atoms with Crippen LogP contribution in [0, 0.1) is 13.8 Å². The number of hydrogen-bond donors (Lipinski definition) is 1. The molecule has 1 N–H and O–H groups in total. The van der Waals surface area contributed by atoms with E-state index in [0.717, 1.165) is 22.2 Å². The second-order valence-electron chi connectivity index (χ2n) is 8.26. The van der Waals surface area contributed by atoms with Crippen molar-refractivity contribution in [2.24, 2.45) is 0 Å². The topological polar surface area (TPSA) is 56.5 Å². The molecule has 0 atom stereocenters. The molecule has 5 nitrogen and oxygen atoms in total. The molecule has 0 radical (unpaired) electrons.